The van der Waals surface area contributed by atoms with Crippen LogP contribution in [0.4, 0.5) is 0 Å². The molecule has 3 rings (SSSR count). The van der Waals surface area contributed by atoms with Crippen LogP contribution in [-0.4, -0.2) is 24.1 Å². The average Bonchev–Trinajstić information content (AvgIpc) is 2.97. The third kappa shape index (κ3) is 1.68. The minimum Gasteiger partial charge on any atom is -0.274 e. The van der Waals surface area contributed by atoms with Gasteiger partial charge in [0.2, 0.25) is 5.28 Å². The summed E-state index contributed by atoms with van der Waals surface area (Å²) < 4.78 is 3.58. The van der Waals surface area contributed by atoms with Gasteiger partial charge in [-0.15, -0.1) is 0 Å². The zero-order valence-electron chi connectivity index (χ0n) is 9.21. The Morgan fingerprint density at radius 3 is 3.06 bits per heavy atom. The quantitative estimate of drug-likeness (QED) is 0.653. The zero-order valence-corrected chi connectivity index (χ0v) is 9.96. The molecule has 3 heterocycles. The lowest BCUT2D eigenvalue weighted by Gasteiger charge is -2.00. The molecule has 6 heteroatoms. The molecule has 0 radical (unpaired) electrons. The highest BCUT2D eigenvalue weighted by atomic mass is 35.5. The standard InChI is InChI=1S/C11H10ClN5/c1-2-16-7-8(6-14-16)9-5-10-13-3-4-17(10)11(12)15-9/h3-7H,2H2,1H3. The molecule has 17 heavy (non-hydrogen) atoms. The fourth-order valence-corrected chi connectivity index (χ4v) is 1.94. The van der Waals surface area contributed by atoms with Crippen LogP contribution in [0.1, 0.15) is 6.92 Å². The number of imidazole rings is 1. The van der Waals surface area contributed by atoms with E-state index in [-0.39, 0.29) is 0 Å². The van der Waals surface area contributed by atoms with Crippen molar-refractivity contribution in [1.82, 2.24) is 24.1 Å². The molecule has 0 atom stereocenters. The maximum absolute atomic E-state index is 6.08. The van der Waals surface area contributed by atoms with Gasteiger partial charge in [-0.1, -0.05) is 0 Å². The summed E-state index contributed by atoms with van der Waals surface area (Å²) in [7, 11) is 0. The van der Waals surface area contributed by atoms with Crippen molar-refractivity contribution in [3.63, 3.8) is 0 Å². The Hall–Kier alpha value is -1.88. The Morgan fingerprint density at radius 1 is 1.41 bits per heavy atom. The minimum absolute atomic E-state index is 0.402. The highest BCUT2D eigenvalue weighted by molar-refractivity contribution is 6.28. The van der Waals surface area contributed by atoms with Gasteiger partial charge in [-0.3, -0.25) is 9.08 Å². The van der Waals surface area contributed by atoms with Gasteiger partial charge in [0.1, 0.15) is 5.65 Å². The smallest absolute Gasteiger partial charge is 0.209 e. The first kappa shape index (κ1) is 10.3. The van der Waals surface area contributed by atoms with E-state index >= 15 is 0 Å². The third-order valence-corrected chi connectivity index (χ3v) is 2.87. The van der Waals surface area contributed by atoms with Crippen molar-refractivity contribution in [2.45, 2.75) is 13.5 Å². The van der Waals surface area contributed by atoms with E-state index in [1.165, 1.54) is 0 Å². The van der Waals surface area contributed by atoms with E-state index in [0.29, 0.717) is 5.28 Å². The van der Waals surface area contributed by atoms with E-state index in [1.807, 2.05) is 23.9 Å². The molecule has 0 saturated heterocycles. The molecule has 0 aromatic carbocycles. The topological polar surface area (TPSA) is 48.0 Å². The summed E-state index contributed by atoms with van der Waals surface area (Å²) in [6.45, 7) is 2.87. The van der Waals surface area contributed by atoms with Gasteiger partial charge < -0.3 is 0 Å². The van der Waals surface area contributed by atoms with E-state index < -0.39 is 0 Å². The van der Waals surface area contributed by atoms with Crippen molar-refractivity contribution >= 4 is 17.2 Å². The summed E-state index contributed by atoms with van der Waals surface area (Å²) in [4.78, 5) is 8.53. The van der Waals surface area contributed by atoms with Gasteiger partial charge >= 0.3 is 0 Å². The molecule has 5 nitrogen and oxygen atoms in total. The summed E-state index contributed by atoms with van der Waals surface area (Å²) >= 11 is 6.08. The number of nitrogens with zero attached hydrogens (tertiary/aromatic N) is 5. The van der Waals surface area contributed by atoms with Crippen molar-refractivity contribution < 1.29 is 0 Å². The molecule has 0 aliphatic heterocycles. The molecule has 0 saturated carbocycles. The van der Waals surface area contributed by atoms with Gasteiger partial charge in [0.05, 0.1) is 11.9 Å². The van der Waals surface area contributed by atoms with E-state index in [1.54, 1.807) is 23.0 Å². The molecule has 0 N–H and O–H groups in total. The Bertz CT molecular complexity index is 669. The lowest BCUT2D eigenvalue weighted by Crippen LogP contribution is -1.93. The van der Waals surface area contributed by atoms with Gasteiger partial charge in [0.25, 0.3) is 0 Å². The number of hydrogen-bond donors (Lipinski definition) is 0. The van der Waals surface area contributed by atoms with Gasteiger partial charge in [0.15, 0.2) is 0 Å². The summed E-state index contributed by atoms with van der Waals surface area (Å²) in [5, 5.41) is 4.62. The summed E-state index contributed by atoms with van der Waals surface area (Å²) in [5.74, 6) is 0. The van der Waals surface area contributed by atoms with Crippen LogP contribution in [0.15, 0.2) is 30.9 Å². The van der Waals surface area contributed by atoms with E-state index in [2.05, 4.69) is 15.1 Å². The molecule has 0 amide bonds. The van der Waals surface area contributed by atoms with Crippen LogP contribution in [-0.2, 0) is 6.54 Å². The molecule has 0 bridgehead atoms. The highest BCUT2D eigenvalue weighted by Crippen LogP contribution is 2.20. The van der Waals surface area contributed by atoms with Crippen molar-refractivity contribution in [2.75, 3.05) is 0 Å². The lowest BCUT2D eigenvalue weighted by atomic mass is 10.2. The van der Waals surface area contributed by atoms with E-state index in [0.717, 1.165) is 23.4 Å². The molecule has 0 spiro atoms. The molecule has 0 unspecified atom stereocenters. The van der Waals surface area contributed by atoms with Gasteiger partial charge in [-0.05, 0) is 18.5 Å². The summed E-state index contributed by atoms with van der Waals surface area (Å²) in [5.41, 5.74) is 2.51. The molecule has 0 aliphatic carbocycles. The van der Waals surface area contributed by atoms with Crippen LogP contribution < -0.4 is 0 Å². The summed E-state index contributed by atoms with van der Waals surface area (Å²) in [6, 6.07) is 1.89. The second-order valence-electron chi connectivity index (χ2n) is 3.65. The van der Waals surface area contributed by atoms with E-state index in [4.69, 9.17) is 11.6 Å². The minimum atomic E-state index is 0.402. The average molecular weight is 248 g/mol. The molecule has 3 aromatic heterocycles. The number of halogens is 1. The molecule has 86 valence electrons. The fraction of sp³-hybridized carbons (Fsp3) is 0.182. The van der Waals surface area contributed by atoms with Gasteiger partial charge in [-0.25, -0.2) is 9.97 Å². The Morgan fingerprint density at radius 2 is 2.29 bits per heavy atom. The Kier molecular flexibility index (Phi) is 2.33. The van der Waals surface area contributed by atoms with Crippen molar-refractivity contribution in [1.29, 1.82) is 0 Å². The first-order valence-corrected chi connectivity index (χ1v) is 5.68. The normalized spacial score (nSPS) is 11.2. The van der Waals surface area contributed by atoms with Crippen molar-refractivity contribution in [3.8, 4) is 11.3 Å². The van der Waals surface area contributed by atoms with Gasteiger partial charge in [0, 0.05) is 36.8 Å². The SMILES string of the molecule is CCn1cc(-c2cc3nccn3c(Cl)n2)cn1. The maximum Gasteiger partial charge on any atom is 0.209 e. The van der Waals surface area contributed by atoms with Crippen molar-refractivity contribution in [3.05, 3.63) is 36.1 Å². The molecular weight excluding hydrogens is 238 g/mol. The van der Waals surface area contributed by atoms with Crippen LogP contribution in [0, 0.1) is 0 Å². The largest absolute Gasteiger partial charge is 0.274 e. The molecule has 3 aromatic rings. The zero-order chi connectivity index (χ0) is 11.8. The predicted molar refractivity (Wildman–Crippen MR) is 64.9 cm³/mol. The first-order valence-electron chi connectivity index (χ1n) is 5.30. The highest BCUT2D eigenvalue weighted by Gasteiger charge is 2.08. The second kappa shape index (κ2) is 3.85. The molecule has 0 fully saturated rings. The Labute approximate surface area is 103 Å². The monoisotopic (exact) mass is 247 g/mol. The van der Waals surface area contributed by atoms with Gasteiger partial charge in [-0.2, -0.15) is 5.10 Å². The number of fused-ring (bicyclic) bond motifs is 1. The molecule has 0 aliphatic rings. The third-order valence-electron chi connectivity index (χ3n) is 2.60. The van der Waals surface area contributed by atoms with Crippen LogP contribution in [0.2, 0.25) is 5.28 Å². The maximum atomic E-state index is 6.08. The number of aryl methyl sites for hydroxylation is 1. The van der Waals surface area contributed by atoms with Crippen LogP contribution in [0.25, 0.3) is 16.9 Å². The molecular formula is C11H10ClN5. The van der Waals surface area contributed by atoms with Crippen LogP contribution >= 0.6 is 11.6 Å². The van der Waals surface area contributed by atoms with Crippen molar-refractivity contribution in [2.24, 2.45) is 0 Å². The number of rotatable bonds is 2. The van der Waals surface area contributed by atoms with Crippen LogP contribution in [0.5, 0.6) is 0 Å². The predicted octanol–water partition coefficient (Wildman–Crippen LogP) is 2.27. The number of hydrogen-bond acceptors (Lipinski definition) is 3. The number of aromatic nitrogens is 5. The fourth-order valence-electron chi connectivity index (χ4n) is 1.70. The first-order chi connectivity index (χ1) is 8.28. The summed E-state index contributed by atoms with van der Waals surface area (Å²) in [6.07, 6.45) is 7.20. The second-order valence-corrected chi connectivity index (χ2v) is 3.99. The van der Waals surface area contributed by atoms with Crippen LogP contribution in [0.3, 0.4) is 0 Å². The van der Waals surface area contributed by atoms with E-state index in [9.17, 15) is 0 Å². The Balaban J connectivity index is 2.16. The lowest BCUT2D eigenvalue weighted by molar-refractivity contribution is 0.660.